The number of H-pyrrole nitrogens is 1. The molecule has 1 aromatic heterocycles. The first-order valence-corrected chi connectivity index (χ1v) is 5.19. The van der Waals surface area contributed by atoms with Gasteiger partial charge in [0, 0.05) is 6.04 Å². The minimum atomic E-state index is -0.221. The number of nitrogens with two attached hydrogens (primary N) is 1. The lowest BCUT2D eigenvalue weighted by Gasteiger charge is -2.06. The Labute approximate surface area is 89.4 Å². The number of hydrogen-bond donors (Lipinski definition) is 3. The van der Waals surface area contributed by atoms with Crippen molar-refractivity contribution in [2.45, 2.75) is 39.7 Å². The number of amides is 1. The Balaban J connectivity index is 2.81. The summed E-state index contributed by atoms with van der Waals surface area (Å²) in [5.74, 6) is -0.221. The van der Waals surface area contributed by atoms with Crippen molar-refractivity contribution in [1.29, 1.82) is 0 Å². The lowest BCUT2D eigenvalue weighted by atomic mass is 10.2. The molecule has 4 N–H and O–H groups in total. The summed E-state index contributed by atoms with van der Waals surface area (Å²) in [5.41, 5.74) is 7.42. The molecule has 84 valence electrons. The average molecular weight is 210 g/mol. The quantitative estimate of drug-likeness (QED) is 0.695. The first kappa shape index (κ1) is 11.6. The zero-order valence-corrected chi connectivity index (χ0v) is 9.42. The molecule has 0 atom stereocenters. The van der Waals surface area contributed by atoms with Crippen LogP contribution in [0.15, 0.2) is 0 Å². The highest BCUT2D eigenvalue weighted by Gasteiger charge is 2.16. The Bertz CT molecular complexity index is 343. The van der Waals surface area contributed by atoms with Gasteiger partial charge in [-0.3, -0.25) is 9.89 Å². The van der Waals surface area contributed by atoms with Gasteiger partial charge in [0.15, 0.2) is 5.69 Å². The average Bonchev–Trinajstić information content (AvgIpc) is 2.48. The van der Waals surface area contributed by atoms with Crippen LogP contribution in [0, 0.1) is 0 Å². The zero-order valence-electron chi connectivity index (χ0n) is 9.42. The highest BCUT2D eigenvalue weighted by Crippen LogP contribution is 2.15. The Kier molecular flexibility index (Phi) is 3.71. The van der Waals surface area contributed by atoms with E-state index in [0.717, 1.165) is 18.5 Å². The van der Waals surface area contributed by atoms with Crippen LogP contribution in [0.3, 0.4) is 0 Å². The van der Waals surface area contributed by atoms with Gasteiger partial charge in [-0.05, 0) is 20.3 Å². The smallest absolute Gasteiger partial charge is 0.274 e. The Morgan fingerprint density at radius 2 is 2.27 bits per heavy atom. The summed E-state index contributed by atoms with van der Waals surface area (Å²) in [7, 11) is 0. The lowest BCUT2D eigenvalue weighted by molar-refractivity contribution is 0.0939. The molecule has 1 rings (SSSR count). The fraction of sp³-hybridized carbons (Fsp3) is 0.600. The third-order valence-corrected chi connectivity index (χ3v) is 2.02. The van der Waals surface area contributed by atoms with Crippen molar-refractivity contribution in [3.05, 3.63) is 11.4 Å². The number of aromatic amines is 1. The van der Waals surface area contributed by atoms with E-state index in [1.165, 1.54) is 0 Å². The second-order valence-electron chi connectivity index (χ2n) is 3.84. The van der Waals surface area contributed by atoms with Gasteiger partial charge in [0.1, 0.15) is 0 Å². The molecule has 1 aromatic rings. The van der Waals surface area contributed by atoms with Crippen molar-refractivity contribution < 1.29 is 4.79 Å². The molecule has 0 spiro atoms. The summed E-state index contributed by atoms with van der Waals surface area (Å²) in [4.78, 5) is 11.6. The molecular weight excluding hydrogens is 192 g/mol. The molecule has 0 aliphatic rings. The van der Waals surface area contributed by atoms with Crippen molar-refractivity contribution >= 4 is 11.6 Å². The maximum Gasteiger partial charge on any atom is 0.274 e. The van der Waals surface area contributed by atoms with Crippen molar-refractivity contribution in [3.8, 4) is 0 Å². The predicted molar refractivity (Wildman–Crippen MR) is 59.6 cm³/mol. The summed E-state index contributed by atoms with van der Waals surface area (Å²) in [5, 5.41) is 9.47. The largest absolute Gasteiger partial charge is 0.395 e. The highest BCUT2D eigenvalue weighted by atomic mass is 16.2. The second kappa shape index (κ2) is 4.82. The first-order valence-electron chi connectivity index (χ1n) is 5.19. The minimum absolute atomic E-state index is 0.0863. The van der Waals surface area contributed by atoms with Crippen LogP contribution in [0.25, 0.3) is 0 Å². The molecule has 0 unspecified atom stereocenters. The van der Waals surface area contributed by atoms with Gasteiger partial charge in [0.25, 0.3) is 5.91 Å². The third kappa shape index (κ3) is 2.71. The fourth-order valence-corrected chi connectivity index (χ4v) is 1.33. The lowest BCUT2D eigenvalue weighted by Crippen LogP contribution is -2.30. The summed E-state index contributed by atoms with van der Waals surface area (Å²) < 4.78 is 0. The monoisotopic (exact) mass is 210 g/mol. The molecule has 0 bridgehead atoms. The molecule has 0 aromatic carbocycles. The van der Waals surface area contributed by atoms with Gasteiger partial charge < -0.3 is 11.1 Å². The molecule has 1 amide bonds. The second-order valence-corrected chi connectivity index (χ2v) is 3.84. The molecule has 5 nitrogen and oxygen atoms in total. The van der Waals surface area contributed by atoms with Crippen LogP contribution in [0.2, 0.25) is 0 Å². The van der Waals surface area contributed by atoms with Gasteiger partial charge >= 0.3 is 0 Å². The topological polar surface area (TPSA) is 83.8 Å². The maximum absolute atomic E-state index is 11.6. The molecule has 0 fully saturated rings. The van der Waals surface area contributed by atoms with Crippen LogP contribution in [0.1, 0.15) is 43.4 Å². The van der Waals surface area contributed by atoms with E-state index in [1.807, 2.05) is 20.8 Å². The zero-order chi connectivity index (χ0) is 11.4. The van der Waals surface area contributed by atoms with Gasteiger partial charge in [-0.15, -0.1) is 0 Å². The molecular formula is C10H18N4O. The molecule has 0 saturated heterocycles. The van der Waals surface area contributed by atoms with E-state index < -0.39 is 0 Å². The van der Waals surface area contributed by atoms with Crippen LogP contribution < -0.4 is 11.1 Å². The van der Waals surface area contributed by atoms with Gasteiger partial charge in [0.2, 0.25) is 0 Å². The highest BCUT2D eigenvalue weighted by molar-refractivity contribution is 5.97. The number of nitrogens with one attached hydrogen (secondary N) is 2. The van der Waals surface area contributed by atoms with Crippen molar-refractivity contribution in [1.82, 2.24) is 15.5 Å². The van der Waals surface area contributed by atoms with Crippen LogP contribution in [0.5, 0.6) is 0 Å². The van der Waals surface area contributed by atoms with Crippen LogP contribution >= 0.6 is 0 Å². The fourth-order valence-electron chi connectivity index (χ4n) is 1.33. The standard InChI is InChI=1S/C10H18N4O/c1-4-5-7-8(11)9(14-13-7)10(15)12-6(2)3/h6H,4-5,11H2,1-3H3,(H,12,15)(H,13,14). The molecule has 0 radical (unpaired) electrons. The number of aryl methyl sites for hydroxylation is 1. The van der Waals surface area contributed by atoms with Crippen molar-refractivity contribution in [2.75, 3.05) is 5.73 Å². The van der Waals surface area contributed by atoms with E-state index in [4.69, 9.17) is 5.73 Å². The van der Waals surface area contributed by atoms with E-state index in [9.17, 15) is 4.79 Å². The van der Waals surface area contributed by atoms with Crippen molar-refractivity contribution in [3.63, 3.8) is 0 Å². The molecule has 0 aliphatic heterocycles. The number of nitrogen functional groups attached to an aromatic ring is 1. The minimum Gasteiger partial charge on any atom is -0.395 e. The SMILES string of the molecule is CCCc1[nH]nc(C(=O)NC(C)C)c1N. The third-order valence-electron chi connectivity index (χ3n) is 2.02. The first-order chi connectivity index (χ1) is 7.06. The number of nitrogens with zero attached hydrogens (tertiary/aromatic N) is 1. The molecule has 1 heterocycles. The Hall–Kier alpha value is -1.52. The number of carbonyl (C=O) groups excluding carboxylic acids is 1. The van der Waals surface area contributed by atoms with Crippen molar-refractivity contribution in [2.24, 2.45) is 0 Å². The van der Waals surface area contributed by atoms with Gasteiger partial charge in [-0.1, -0.05) is 13.3 Å². The summed E-state index contributed by atoms with van der Waals surface area (Å²) in [6, 6.07) is 0.0863. The summed E-state index contributed by atoms with van der Waals surface area (Å²) in [6.45, 7) is 5.84. The number of aromatic nitrogens is 2. The van der Waals surface area contributed by atoms with Crippen LogP contribution in [0.4, 0.5) is 5.69 Å². The van der Waals surface area contributed by atoms with E-state index in [0.29, 0.717) is 11.4 Å². The molecule has 0 aliphatic carbocycles. The van der Waals surface area contributed by atoms with Gasteiger partial charge in [0.05, 0.1) is 11.4 Å². The number of rotatable bonds is 4. The van der Waals surface area contributed by atoms with E-state index in [-0.39, 0.29) is 11.9 Å². The maximum atomic E-state index is 11.6. The Morgan fingerprint density at radius 1 is 1.60 bits per heavy atom. The number of hydrogen-bond acceptors (Lipinski definition) is 3. The predicted octanol–water partition coefficient (Wildman–Crippen LogP) is 1.08. The van der Waals surface area contributed by atoms with Gasteiger partial charge in [-0.25, -0.2) is 0 Å². The Morgan fingerprint density at radius 3 is 2.80 bits per heavy atom. The number of anilines is 1. The molecule has 15 heavy (non-hydrogen) atoms. The molecule has 5 heteroatoms. The summed E-state index contributed by atoms with van der Waals surface area (Å²) >= 11 is 0. The van der Waals surface area contributed by atoms with E-state index in [1.54, 1.807) is 0 Å². The van der Waals surface area contributed by atoms with E-state index >= 15 is 0 Å². The van der Waals surface area contributed by atoms with Gasteiger partial charge in [-0.2, -0.15) is 5.10 Å². The van der Waals surface area contributed by atoms with Crippen LogP contribution in [-0.2, 0) is 6.42 Å². The number of carbonyl (C=O) groups is 1. The van der Waals surface area contributed by atoms with E-state index in [2.05, 4.69) is 15.5 Å². The molecule has 0 saturated carbocycles. The summed E-state index contributed by atoms with van der Waals surface area (Å²) in [6.07, 6.45) is 1.78. The normalized spacial score (nSPS) is 10.7. The van der Waals surface area contributed by atoms with Crippen LogP contribution in [-0.4, -0.2) is 22.1 Å².